The summed E-state index contributed by atoms with van der Waals surface area (Å²) in [5.74, 6) is -0.990. The van der Waals surface area contributed by atoms with Crippen LogP contribution in [-0.4, -0.2) is 64.6 Å². The Balaban J connectivity index is 2.62. The zero-order chi connectivity index (χ0) is 16.2. The van der Waals surface area contributed by atoms with Crippen LogP contribution in [0.4, 0.5) is 4.79 Å². The summed E-state index contributed by atoms with van der Waals surface area (Å²) in [6.45, 7) is 7.87. The Labute approximate surface area is 125 Å². The largest absolute Gasteiger partial charge is 0.480 e. The number of nitrogens with one attached hydrogen (secondary N) is 1. The highest BCUT2D eigenvalue weighted by molar-refractivity contribution is 5.69. The summed E-state index contributed by atoms with van der Waals surface area (Å²) in [7, 11) is 0. The maximum Gasteiger partial charge on any atom is 0.407 e. The SMILES string of the molecule is CC(O)C1CC(NC(=O)OC(C)(C)C)CN(CC(=O)O)C1. The molecule has 1 aliphatic rings. The van der Waals surface area contributed by atoms with Crippen LogP contribution < -0.4 is 5.32 Å². The highest BCUT2D eigenvalue weighted by atomic mass is 16.6. The number of aliphatic carboxylic acids is 1. The number of piperidine rings is 1. The first-order valence-corrected chi connectivity index (χ1v) is 7.18. The second kappa shape index (κ2) is 7.09. The van der Waals surface area contributed by atoms with Crippen molar-refractivity contribution in [2.45, 2.75) is 51.9 Å². The van der Waals surface area contributed by atoms with Crippen LogP contribution in [0.5, 0.6) is 0 Å². The molecule has 0 aromatic carbocycles. The predicted molar refractivity (Wildman–Crippen MR) is 77.0 cm³/mol. The Hall–Kier alpha value is -1.34. The molecule has 1 amide bonds. The van der Waals surface area contributed by atoms with Gasteiger partial charge < -0.3 is 20.3 Å². The van der Waals surface area contributed by atoms with E-state index in [-0.39, 0.29) is 18.5 Å². The maximum absolute atomic E-state index is 11.8. The van der Waals surface area contributed by atoms with E-state index in [9.17, 15) is 14.7 Å². The molecule has 1 aliphatic heterocycles. The summed E-state index contributed by atoms with van der Waals surface area (Å²) in [4.78, 5) is 24.4. The third-order valence-corrected chi connectivity index (χ3v) is 3.32. The standard InChI is InChI=1S/C14H26N2O5/c1-9(17)10-5-11(7-16(6-10)8-12(18)19)15-13(20)21-14(2,3)4/h9-11,17H,5-8H2,1-4H3,(H,15,20)(H,18,19). The molecule has 0 aromatic rings. The molecule has 0 aromatic heterocycles. The highest BCUT2D eigenvalue weighted by Crippen LogP contribution is 2.20. The first-order chi connectivity index (χ1) is 9.56. The smallest absolute Gasteiger partial charge is 0.407 e. The average Bonchev–Trinajstić information content (AvgIpc) is 2.24. The molecule has 7 heteroatoms. The van der Waals surface area contributed by atoms with Crippen molar-refractivity contribution >= 4 is 12.1 Å². The third kappa shape index (κ3) is 6.77. The minimum absolute atomic E-state index is 0.0713. The number of carbonyl (C=O) groups is 2. The Morgan fingerprint density at radius 1 is 1.38 bits per heavy atom. The lowest BCUT2D eigenvalue weighted by atomic mass is 9.90. The van der Waals surface area contributed by atoms with Crippen molar-refractivity contribution < 1.29 is 24.5 Å². The van der Waals surface area contributed by atoms with E-state index in [0.717, 1.165) is 0 Å². The molecule has 1 rings (SSSR count). The highest BCUT2D eigenvalue weighted by Gasteiger charge is 2.32. The third-order valence-electron chi connectivity index (χ3n) is 3.32. The summed E-state index contributed by atoms with van der Waals surface area (Å²) in [6.07, 6.45) is -0.467. The molecule has 3 N–H and O–H groups in total. The topological polar surface area (TPSA) is 99.1 Å². The Morgan fingerprint density at radius 2 is 2.00 bits per heavy atom. The number of carbonyl (C=O) groups excluding carboxylic acids is 1. The summed E-state index contributed by atoms with van der Waals surface area (Å²) in [5, 5.41) is 21.4. The Kier molecular flexibility index (Phi) is 5.98. The van der Waals surface area contributed by atoms with Crippen LogP contribution in [0.25, 0.3) is 0 Å². The lowest BCUT2D eigenvalue weighted by Gasteiger charge is -2.38. The van der Waals surface area contributed by atoms with Gasteiger partial charge in [0.15, 0.2) is 0 Å². The lowest BCUT2D eigenvalue weighted by molar-refractivity contribution is -0.139. The summed E-state index contributed by atoms with van der Waals surface area (Å²) in [5.41, 5.74) is -0.580. The molecule has 0 spiro atoms. The molecule has 122 valence electrons. The van der Waals surface area contributed by atoms with Gasteiger partial charge in [-0.2, -0.15) is 0 Å². The number of alkyl carbamates (subject to hydrolysis) is 1. The van der Waals surface area contributed by atoms with E-state index in [1.54, 1.807) is 32.6 Å². The molecule has 21 heavy (non-hydrogen) atoms. The van der Waals surface area contributed by atoms with Gasteiger partial charge in [-0.15, -0.1) is 0 Å². The number of ether oxygens (including phenoxy) is 1. The molecule has 3 atom stereocenters. The van der Waals surface area contributed by atoms with Crippen LogP contribution >= 0.6 is 0 Å². The molecule has 0 bridgehead atoms. The van der Waals surface area contributed by atoms with Crippen molar-refractivity contribution in [3.63, 3.8) is 0 Å². The molecule has 7 nitrogen and oxygen atoms in total. The predicted octanol–water partition coefficient (Wildman–Crippen LogP) is 0.667. The molecule has 0 radical (unpaired) electrons. The van der Waals surface area contributed by atoms with Gasteiger partial charge in [0.05, 0.1) is 12.6 Å². The van der Waals surface area contributed by atoms with Gasteiger partial charge in [0, 0.05) is 19.1 Å². The van der Waals surface area contributed by atoms with E-state index < -0.39 is 23.8 Å². The summed E-state index contributed by atoms with van der Waals surface area (Å²) < 4.78 is 5.21. The van der Waals surface area contributed by atoms with Crippen LogP contribution in [0.2, 0.25) is 0 Å². The van der Waals surface area contributed by atoms with Gasteiger partial charge in [-0.25, -0.2) is 4.79 Å². The molecule has 3 unspecified atom stereocenters. The number of carboxylic acids is 1. The number of hydrogen-bond donors (Lipinski definition) is 3. The first-order valence-electron chi connectivity index (χ1n) is 7.18. The van der Waals surface area contributed by atoms with Crippen molar-refractivity contribution in [2.75, 3.05) is 19.6 Å². The minimum atomic E-state index is -0.919. The summed E-state index contributed by atoms with van der Waals surface area (Å²) >= 11 is 0. The van der Waals surface area contributed by atoms with E-state index in [4.69, 9.17) is 9.84 Å². The van der Waals surface area contributed by atoms with Gasteiger partial charge in [0.25, 0.3) is 0 Å². The molecule has 0 aliphatic carbocycles. The Morgan fingerprint density at radius 3 is 2.48 bits per heavy atom. The van der Waals surface area contributed by atoms with Crippen molar-refractivity contribution in [3.8, 4) is 0 Å². The molecule has 1 fully saturated rings. The van der Waals surface area contributed by atoms with E-state index in [2.05, 4.69) is 5.32 Å². The average molecular weight is 302 g/mol. The number of hydrogen-bond acceptors (Lipinski definition) is 5. The normalized spacial score (nSPS) is 25.2. The fraction of sp³-hybridized carbons (Fsp3) is 0.857. The second-order valence-corrected chi connectivity index (χ2v) is 6.67. The van der Waals surface area contributed by atoms with Crippen molar-refractivity contribution in [2.24, 2.45) is 5.92 Å². The molecule has 1 saturated heterocycles. The number of nitrogens with zero attached hydrogens (tertiary/aromatic N) is 1. The monoisotopic (exact) mass is 302 g/mol. The van der Waals surface area contributed by atoms with Crippen molar-refractivity contribution in [3.05, 3.63) is 0 Å². The lowest BCUT2D eigenvalue weighted by Crippen LogP contribution is -2.54. The van der Waals surface area contributed by atoms with Crippen LogP contribution in [0, 0.1) is 5.92 Å². The number of amides is 1. The van der Waals surface area contributed by atoms with Gasteiger partial charge in [0.1, 0.15) is 5.60 Å². The molecular weight excluding hydrogens is 276 g/mol. The maximum atomic E-state index is 11.8. The fourth-order valence-electron chi connectivity index (χ4n) is 2.48. The number of rotatable bonds is 4. The molecule has 0 saturated carbocycles. The zero-order valence-corrected chi connectivity index (χ0v) is 13.1. The molecule has 1 heterocycles. The minimum Gasteiger partial charge on any atom is -0.480 e. The van der Waals surface area contributed by atoms with Crippen LogP contribution in [0.15, 0.2) is 0 Å². The van der Waals surface area contributed by atoms with Crippen LogP contribution in [-0.2, 0) is 9.53 Å². The second-order valence-electron chi connectivity index (χ2n) is 6.67. The van der Waals surface area contributed by atoms with Gasteiger partial charge in [-0.3, -0.25) is 9.69 Å². The first kappa shape index (κ1) is 17.7. The number of likely N-dealkylation sites (tertiary alicyclic amines) is 1. The number of aliphatic hydroxyl groups excluding tert-OH is 1. The Bertz CT molecular complexity index is 378. The number of aliphatic hydroxyl groups is 1. The summed E-state index contributed by atoms with van der Waals surface area (Å²) in [6, 6.07) is -0.229. The van der Waals surface area contributed by atoms with Crippen LogP contribution in [0.3, 0.4) is 0 Å². The van der Waals surface area contributed by atoms with Crippen LogP contribution in [0.1, 0.15) is 34.1 Å². The van der Waals surface area contributed by atoms with E-state index in [1.165, 1.54) is 0 Å². The van der Waals surface area contributed by atoms with Gasteiger partial charge in [-0.1, -0.05) is 0 Å². The number of carboxylic acid groups (broad SMARTS) is 1. The zero-order valence-electron chi connectivity index (χ0n) is 13.1. The van der Waals surface area contributed by atoms with Gasteiger partial charge in [0.2, 0.25) is 0 Å². The van der Waals surface area contributed by atoms with Crippen molar-refractivity contribution in [1.29, 1.82) is 0 Å². The van der Waals surface area contributed by atoms with Crippen molar-refractivity contribution in [1.82, 2.24) is 10.2 Å². The van der Waals surface area contributed by atoms with E-state index >= 15 is 0 Å². The van der Waals surface area contributed by atoms with E-state index in [0.29, 0.717) is 19.5 Å². The van der Waals surface area contributed by atoms with Gasteiger partial charge >= 0.3 is 12.1 Å². The van der Waals surface area contributed by atoms with E-state index in [1.807, 2.05) is 0 Å². The molecular formula is C14H26N2O5. The fourth-order valence-corrected chi connectivity index (χ4v) is 2.48. The quantitative estimate of drug-likeness (QED) is 0.706. The van der Waals surface area contributed by atoms with Gasteiger partial charge in [-0.05, 0) is 40.0 Å².